The van der Waals surface area contributed by atoms with Crippen LogP contribution in [0.15, 0.2) is 71.6 Å². The van der Waals surface area contributed by atoms with Crippen LogP contribution >= 0.6 is 0 Å². The summed E-state index contributed by atoms with van der Waals surface area (Å²) in [6.07, 6.45) is 0.827. The van der Waals surface area contributed by atoms with Crippen molar-refractivity contribution >= 4 is 27.5 Å². The number of hydrogen-bond acceptors (Lipinski definition) is 7. The van der Waals surface area contributed by atoms with Crippen molar-refractivity contribution in [3.8, 4) is 11.5 Å². The number of methoxy groups -OCH3 is 1. The molecular formula is C30H30N2O7S. The number of anilines is 1. The molecule has 6 rings (SSSR count). The van der Waals surface area contributed by atoms with Gasteiger partial charge in [0.15, 0.2) is 9.84 Å². The zero-order chi connectivity index (χ0) is 27.9. The second kappa shape index (κ2) is 10.5. The molecule has 0 saturated carbocycles. The molecule has 0 spiro atoms. The summed E-state index contributed by atoms with van der Waals surface area (Å²) in [5.74, 6) is 0.736. The van der Waals surface area contributed by atoms with Crippen LogP contribution < -0.4 is 14.4 Å². The van der Waals surface area contributed by atoms with Crippen LogP contribution in [0.2, 0.25) is 0 Å². The molecule has 0 bridgehead atoms. The molecule has 0 radical (unpaired) electrons. The first-order chi connectivity index (χ1) is 19.4. The Morgan fingerprint density at radius 3 is 2.52 bits per heavy atom. The summed E-state index contributed by atoms with van der Waals surface area (Å²) >= 11 is 0. The van der Waals surface area contributed by atoms with Crippen molar-refractivity contribution in [2.24, 2.45) is 0 Å². The van der Waals surface area contributed by atoms with E-state index in [-0.39, 0.29) is 30.4 Å². The molecule has 3 heterocycles. The topological polar surface area (TPSA) is 102 Å². The first-order valence-electron chi connectivity index (χ1n) is 13.4. The van der Waals surface area contributed by atoms with Gasteiger partial charge in [0, 0.05) is 42.7 Å². The highest BCUT2D eigenvalue weighted by molar-refractivity contribution is 7.91. The molecule has 0 N–H and O–H groups in total. The van der Waals surface area contributed by atoms with Crippen molar-refractivity contribution < 1.29 is 32.2 Å². The number of hydrogen-bond donors (Lipinski definition) is 0. The van der Waals surface area contributed by atoms with E-state index in [9.17, 15) is 18.0 Å². The van der Waals surface area contributed by atoms with Gasteiger partial charge in [-0.2, -0.15) is 0 Å². The molecule has 2 amide bonds. The number of carbonyl (C=O) groups is 2. The molecule has 10 heteroatoms. The second-order valence-electron chi connectivity index (χ2n) is 10.2. The van der Waals surface area contributed by atoms with E-state index in [4.69, 9.17) is 14.2 Å². The summed E-state index contributed by atoms with van der Waals surface area (Å²) in [6, 6.07) is 19.7. The molecule has 0 aromatic heterocycles. The Balaban J connectivity index is 1.15. The van der Waals surface area contributed by atoms with E-state index >= 15 is 0 Å². The van der Waals surface area contributed by atoms with Crippen LogP contribution in [0.1, 0.15) is 46.9 Å². The molecule has 1 fully saturated rings. The van der Waals surface area contributed by atoms with Crippen molar-refractivity contribution in [2.75, 3.05) is 30.9 Å². The third-order valence-corrected chi connectivity index (χ3v) is 9.66. The Morgan fingerprint density at radius 2 is 1.73 bits per heavy atom. The van der Waals surface area contributed by atoms with Crippen molar-refractivity contribution in [2.45, 2.75) is 42.9 Å². The maximum Gasteiger partial charge on any atom is 0.414 e. The minimum absolute atomic E-state index is 0.0130. The van der Waals surface area contributed by atoms with E-state index in [2.05, 4.69) is 0 Å². The fraction of sp³-hybridized carbons (Fsp3) is 0.333. The molecule has 1 atom stereocenters. The van der Waals surface area contributed by atoms with Gasteiger partial charge in [-0.1, -0.05) is 36.4 Å². The number of amides is 2. The number of rotatable bonds is 5. The lowest BCUT2D eigenvalue weighted by Crippen LogP contribution is -2.50. The summed E-state index contributed by atoms with van der Waals surface area (Å²) < 4.78 is 42.1. The fourth-order valence-electron chi connectivity index (χ4n) is 5.78. The molecule has 3 aromatic rings. The van der Waals surface area contributed by atoms with Gasteiger partial charge in [-0.05, 0) is 37.1 Å². The largest absolute Gasteiger partial charge is 0.496 e. The summed E-state index contributed by atoms with van der Waals surface area (Å²) in [5, 5.41) is 0. The minimum Gasteiger partial charge on any atom is -0.496 e. The van der Waals surface area contributed by atoms with Gasteiger partial charge in [-0.25, -0.2) is 13.2 Å². The van der Waals surface area contributed by atoms with E-state index in [0.29, 0.717) is 59.9 Å². The minimum atomic E-state index is -3.32. The summed E-state index contributed by atoms with van der Waals surface area (Å²) in [7, 11) is -1.82. The van der Waals surface area contributed by atoms with Gasteiger partial charge in [0.05, 0.1) is 29.0 Å². The Hall–Kier alpha value is -4.05. The number of nitrogens with zero attached hydrogens (tertiary/aromatic N) is 2. The summed E-state index contributed by atoms with van der Waals surface area (Å²) in [4.78, 5) is 29.9. The van der Waals surface area contributed by atoms with Crippen LogP contribution in [0.4, 0.5) is 10.5 Å². The van der Waals surface area contributed by atoms with Crippen LogP contribution in [-0.4, -0.2) is 57.3 Å². The number of fused-ring (bicyclic) bond motifs is 2. The van der Waals surface area contributed by atoms with E-state index in [1.165, 1.54) is 7.11 Å². The number of piperidine rings is 1. The molecular weight excluding hydrogens is 532 g/mol. The van der Waals surface area contributed by atoms with Gasteiger partial charge in [0.1, 0.15) is 24.2 Å². The normalized spacial score (nSPS) is 20.2. The Kier molecular flexibility index (Phi) is 6.87. The first kappa shape index (κ1) is 26.2. The van der Waals surface area contributed by atoms with Gasteiger partial charge in [0.25, 0.3) is 5.91 Å². The highest BCUT2D eigenvalue weighted by Gasteiger charge is 2.36. The zero-order valence-corrected chi connectivity index (χ0v) is 22.9. The summed E-state index contributed by atoms with van der Waals surface area (Å²) in [5.41, 5.74) is 2.91. The van der Waals surface area contributed by atoms with Crippen molar-refractivity contribution in [3.63, 3.8) is 0 Å². The van der Waals surface area contributed by atoms with Crippen molar-refractivity contribution in [3.05, 3.63) is 83.4 Å². The van der Waals surface area contributed by atoms with Crippen LogP contribution in [0.25, 0.3) is 0 Å². The van der Waals surface area contributed by atoms with E-state index in [1.807, 2.05) is 24.3 Å². The maximum absolute atomic E-state index is 13.5. The van der Waals surface area contributed by atoms with Crippen LogP contribution in [0.5, 0.6) is 11.5 Å². The van der Waals surface area contributed by atoms with E-state index < -0.39 is 15.9 Å². The number of sulfone groups is 1. The van der Waals surface area contributed by atoms with Gasteiger partial charge < -0.3 is 19.1 Å². The maximum atomic E-state index is 13.5. The number of likely N-dealkylation sites (tertiary alicyclic amines) is 1. The van der Waals surface area contributed by atoms with Gasteiger partial charge in [-0.15, -0.1) is 0 Å². The monoisotopic (exact) mass is 562 g/mol. The number of benzene rings is 3. The molecule has 0 aliphatic carbocycles. The predicted molar refractivity (Wildman–Crippen MR) is 148 cm³/mol. The van der Waals surface area contributed by atoms with E-state index in [0.717, 1.165) is 11.3 Å². The van der Waals surface area contributed by atoms with Crippen LogP contribution in [0.3, 0.4) is 0 Å². The molecule has 1 unspecified atom stereocenters. The zero-order valence-electron chi connectivity index (χ0n) is 22.1. The SMILES string of the molecule is COc1cc(OC2CCS(=O)(=O)c3ccccc32)ccc1C(=O)N1CCC(N2C(=O)OCc3ccccc32)CC1. The molecule has 3 aliphatic heterocycles. The average Bonchev–Trinajstić information content (AvgIpc) is 2.98. The lowest BCUT2D eigenvalue weighted by Gasteiger charge is -2.40. The quantitative estimate of drug-likeness (QED) is 0.442. The lowest BCUT2D eigenvalue weighted by molar-refractivity contribution is 0.0705. The number of ether oxygens (including phenoxy) is 3. The highest BCUT2D eigenvalue weighted by Crippen LogP contribution is 2.37. The third kappa shape index (κ3) is 4.77. The van der Waals surface area contributed by atoms with Crippen LogP contribution in [0, 0.1) is 0 Å². The average molecular weight is 563 g/mol. The molecule has 3 aromatic carbocycles. The first-order valence-corrected chi connectivity index (χ1v) is 15.0. The molecule has 1 saturated heterocycles. The number of carbonyl (C=O) groups excluding carboxylic acids is 2. The van der Waals surface area contributed by atoms with E-state index in [1.54, 1.807) is 52.3 Å². The van der Waals surface area contributed by atoms with Crippen molar-refractivity contribution in [1.29, 1.82) is 0 Å². The molecule has 3 aliphatic rings. The van der Waals surface area contributed by atoms with Crippen LogP contribution in [-0.2, 0) is 21.2 Å². The molecule has 40 heavy (non-hydrogen) atoms. The lowest BCUT2D eigenvalue weighted by atomic mass is 10.00. The Labute approximate surface area is 233 Å². The smallest absolute Gasteiger partial charge is 0.414 e. The van der Waals surface area contributed by atoms with Gasteiger partial charge in [0.2, 0.25) is 0 Å². The second-order valence-corrected chi connectivity index (χ2v) is 12.3. The Morgan fingerprint density at radius 1 is 0.975 bits per heavy atom. The predicted octanol–water partition coefficient (Wildman–Crippen LogP) is 4.75. The van der Waals surface area contributed by atoms with Gasteiger partial charge in [-0.3, -0.25) is 9.69 Å². The molecule has 208 valence electrons. The standard InChI is InChI=1S/C30H30N2O7S/c1-37-27-18-22(39-26-14-17-40(35,36)28-9-5-3-7-23(26)28)10-11-24(27)29(33)31-15-12-21(13-16-31)32-25-8-4-2-6-20(25)19-38-30(32)34/h2-11,18,21,26H,12-17,19H2,1H3. The third-order valence-electron chi connectivity index (χ3n) is 7.85. The van der Waals surface area contributed by atoms with Crippen molar-refractivity contribution in [1.82, 2.24) is 4.90 Å². The highest BCUT2D eigenvalue weighted by atomic mass is 32.2. The molecule has 9 nitrogen and oxygen atoms in total. The summed E-state index contributed by atoms with van der Waals surface area (Å²) in [6.45, 7) is 1.25. The number of cyclic esters (lactones) is 1. The Bertz CT molecular complexity index is 1560. The fourth-order valence-corrected chi connectivity index (χ4v) is 7.37. The number of para-hydroxylation sites is 1. The van der Waals surface area contributed by atoms with Gasteiger partial charge >= 0.3 is 6.09 Å².